The monoisotopic (exact) mass is 356 g/mol. The van der Waals surface area contributed by atoms with Crippen molar-refractivity contribution < 1.29 is 19.0 Å². The van der Waals surface area contributed by atoms with Crippen molar-refractivity contribution in [1.29, 1.82) is 0 Å². The quantitative estimate of drug-likeness (QED) is 0.862. The van der Waals surface area contributed by atoms with Crippen molar-refractivity contribution in [3.05, 3.63) is 54.1 Å². The Morgan fingerprint density at radius 2 is 2.00 bits per heavy atom. The third-order valence-corrected chi connectivity index (χ3v) is 4.37. The van der Waals surface area contributed by atoms with Crippen LogP contribution in [0.15, 0.2) is 48.5 Å². The van der Waals surface area contributed by atoms with Crippen molar-refractivity contribution in [3.63, 3.8) is 0 Å². The number of methoxy groups -OCH3 is 2. The summed E-state index contributed by atoms with van der Waals surface area (Å²) < 4.78 is 16.4. The molecule has 1 N–H and O–H groups in total. The molecule has 1 aliphatic heterocycles. The number of ether oxygens (including phenoxy) is 3. The molecule has 26 heavy (non-hydrogen) atoms. The molecule has 0 aliphatic carbocycles. The highest BCUT2D eigenvalue weighted by Gasteiger charge is 2.23. The zero-order chi connectivity index (χ0) is 18.4. The van der Waals surface area contributed by atoms with Crippen LogP contribution < -0.4 is 14.8 Å². The first-order chi connectivity index (χ1) is 12.7. The van der Waals surface area contributed by atoms with Crippen LogP contribution in [0.2, 0.25) is 0 Å². The third kappa shape index (κ3) is 4.53. The zero-order valence-corrected chi connectivity index (χ0v) is 15.1. The van der Waals surface area contributed by atoms with E-state index in [1.54, 1.807) is 32.4 Å². The Labute approximate surface area is 153 Å². The van der Waals surface area contributed by atoms with Crippen LogP contribution in [0.1, 0.15) is 11.7 Å². The number of nitrogens with zero attached hydrogens (tertiary/aromatic N) is 1. The zero-order valence-electron chi connectivity index (χ0n) is 15.1. The van der Waals surface area contributed by atoms with Crippen LogP contribution in [-0.2, 0) is 9.53 Å². The van der Waals surface area contributed by atoms with Crippen LogP contribution >= 0.6 is 0 Å². The number of nitrogens with one attached hydrogen (secondary N) is 1. The van der Waals surface area contributed by atoms with E-state index < -0.39 is 0 Å². The molecule has 138 valence electrons. The molecule has 0 radical (unpaired) electrons. The van der Waals surface area contributed by atoms with Gasteiger partial charge in [0.15, 0.2) is 0 Å². The van der Waals surface area contributed by atoms with Crippen LogP contribution in [0.5, 0.6) is 11.5 Å². The first kappa shape index (κ1) is 18.2. The Hall–Kier alpha value is -2.57. The van der Waals surface area contributed by atoms with E-state index in [1.165, 1.54) is 0 Å². The predicted molar refractivity (Wildman–Crippen MR) is 99.8 cm³/mol. The highest BCUT2D eigenvalue weighted by molar-refractivity contribution is 5.93. The smallest absolute Gasteiger partial charge is 0.238 e. The molecule has 3 rings (SSSR count). The topological polar surface area (TPSA) is 60.0 Å². The highest BCUT2D eigenvalue weighted by atomic mass is 16.5. The van der Waals surface area contributed by atoms with Gasteiger partial charge in [-0.2, -0.15) is 0 Å². The second kappa shape index (κ2) is 8.69. The predicted octanol–water partition coefficient (Wildman–Crippen LogP) is 2.72. The molecule has 0 bridgehead atoms. The molecule has 0 saturated carbocycles. The minimum atomic E-state index is -0.0813. The van der Waals surface area contributed by atoms with Gasteiger partial charge in [-0.3, -0.25) is 9.69 Å². The summed E-state index contributed by atoms with van der Waals surface area (Å²) in [4.78, 5) is 14.6. The summed E-state index contributed by atoms with van der Waals surface area (Å²) in [7, 11) is 3.16. The Morgan fingerprint density at radius 3 is 2.73 bits per heavy atom. The summed E-state index contributed by atoms with van der Waals surface area (Å²) in [5, 5.41) is 2.91. The molecule has 1 unspecified atom stereocenters. The number of morpholine rings is 1. The lowest BCUT2D eigenvalue weighted by atomic mass is 10.1. The largest absolute Gasteiger partial charge is 0.497 e. The van der Waals surface area contributed by atoms with Crippen LogP contribution in [0.4, 0.5) is 5.69 Å². The van der Waals surface area contributed by atoms with Crippen LogP contribution in [0.3, 0.4) is 0 Å². The summed E-state index contributed by atoms with van der Waals surface area (Å²) in [5.41, 5.74) is 1.76. The molecule has 1 amide bonds. The third-order valence-electron chi connectivity index (χ3n) is 4.37. The summed E-state index contributed by atoms with van der Waals surface area (Å²) in [5.74, 6) is 1.17. The maximum atomic E-state index is 12.5. The first-order valence-corrected chi connectivity index (χ1v) is 8.60. The minimum absolute atomic E-state index is 0.00623. The second-order valence-corrected chi connectivity index (χ2v) is 6.12. The lowest BCUT2D eigenvalue weighted by Crippen LogP contribution is -2.42. The second-order valence-electron chi connectivity index (χ2n) is 6.12. The van der Waals surface area contributed by atoms with E-state index in [0.29, 0.717) is 36.9 Å². The molecule has 0 aromatic heterocycles. The minimum Gasteiger partial charge on any atom is -0.497 e. The molecule has 1 saturated heterocycles. The van der Waals surface area contributed by atoms with E-state index in [1.807, 2.05) is 18.2 Å². The van der Waals surface area contributed by atoms with Crippen molar-refractivity contribution in [1.82, 2.24) is 4.90 Å². The molecule has 0 spiro atoms. The van der Waals surface area contributed by atoms with Crippen LogP contribution in [-0.4, -0.2) is 51.3 Å². The van der Waals surface area contributed by atoms with Crippen molar-refractivity contribution in [2.75, 3.05) is 45.8 Å². The van der Waals surface area contributed by atoms with Gasteiger partial charge in [0.1, 0.15) is 11.5 Å². The summed E-state index contributed by atoms with van der Waals surface area (Å²) in [6.07, 6.45) is -0.00623. The Morgan fingerprint density at radius 1 is 1.19 bits per heavy atom. The molecule has 1 fully saturated rings. The Kier molecular flexibility index (Phi) is 6.09. The lowest BCUT2D eigenvalue weighted by molar-refractivity contribution is -0.119. The van der Waals surface area contributed by atoms with Crippen molar-refractivity contribution in [2.24, 2.45) is 0 Å². The fourth-order valence-corrected chi connectivity index (χ4v) is 3.01. The number of benzene rings is 2. The highest BCUT2D eigenvalue weighted by Crippen LogP contribution is 2.29. The van der Waals surface area contributed by atoms with Crippen LogP contribution in [0.25, 0.3) is 0 Å². The molecule has 1 atom stereocenters. The summed E-state index contributed by atoms with van der Waals surface area (Å²) in [6, 6.07) is 15.4. The average Bonchev–Trinajstić information content (AvgIpc) is 2.69. The molecule has 1 heterocycles. The van der Waals surface area contributed by atoms with Gasteiger partial charge in [0.2, 0.25) is 5.91 Å². The first-order valence-electron chi connectivity index (χ1n) is 8.60. The van der Waals surface area contributed by atoms with Gasteiger partial charge >= 0.3 is 0 Å². The van der Waals surface area contributed by atoms with E-state index in [9.17, 15) is 4.79 Å². The Bertz CT molecular complexity index is 736. The van der Waals surface area contributed by atoms with Crippen LogP contribution in [0, 0.1) is 0 Å². The van der Waals surface area contributed by atoms with Gasteiger partial charge in [-0.05, 0) is 17.7 Å². The molecule has 1 aliphatic rings. The van der Waals surface area contributed by atoms with Crippen molar-refractivity contribution in [3.8, 4) is 11.5 Å². The van der Waals surface area contributed by atoms with Gasteiger partial charge in [0.05, 0.1) is 39.2 Å². The fourth-order valence-electron chi connectivity index (χ4n) is 3.01. The van der Waals surface area contributed by atoms with E-state index in [0.717, 1.165) is 12.1 Å². The molecular weight excluding hydrogens is 332 g/mol. The average molecular weight is 356 g/mol. The SMILES string of the molecule is COc1ccc(NC(=O)CN2CCOC(c3ccccc3)C2)c(OC)c1. The van der Waals surface area contributed by atoms with Crippen molar-refractivity contribution in [2.45, 2.75) is 6.10 Å². The van der Waals surface area contributed by atoms with Crippen molar-refractivity contribution >= 4 is 11.6 Å². The molecule has 6 nitrogen and oxygen atoms in total. The Balaban J connectivity index is 1.59. The van der Waals surface area contributed by atoms with E-state index in [2.05, 4.69) is 22.3 Å². The van der Waals surface area contributed by atoms with E-state index in [-0.39, 0.29) is 12.0 Å². The lowest BCUT2D eigenvalue weighted by Gasteiger charge is -2.32. The number of carbonyl (C=O) groups is 1. The number of hydrogen-bond donors (Lipinski definition) is 1. The number of carbonyl (C=O) groups excluding carboxylic acids is 1. The van der Waals surface area contributed by atoms with Gasteiger partial charge in [-0.25, -0.2) is 0 Å². The molecule has 2 aromatic rings. The normalized spacial score (nSPS) is 17.5. The van der Waals surface area contributed by atoms with Gasteiger partial charge in [0, 0.05) is 19.2 Å². The molecule has 6 heteroatoms. The van der Waals surface area contributed by atoms with Gasteiger partial charge in [-0.15, -0.1) is 0 Å². The van der Waals surface area contributed by atoms with Gasteiger partial charge < -0.3 is 19.5 Å². The summed E-state index contributed by atoms with van der Waals surface area (Å²) in [6.45, 7) is 2.34. The van der Waals surface area contributed by atoms with Gasteiger partial charge in [-0.1, -0.05) is 30.3 Å². The summed E-state index contributed by atoms with van der Waals surface area (Å²) >= 11 is 0. The van der Waals surface area contributed by atoms with Gasteiger partial charge in [0.25, 0.3) is 0 Å². The maximum Gasteiger partial charge on any atom is 0.238 e. The number of amides is 1. The standard InChI is InChI=1S/C20H24N2O4/c1-24-16-8-9-17(18(12-16)25-2)21-20(23)14-22-10-11-26-19(13-22)15-6-4-3-5-7-15/h3-9,12,19H,10-11,13-14H2,1-2H3,(H,21,23). The number of rotatable bonds is 6. The van der Waals surface area contributed by atoms with E-state index >= 15 is 0 Å². The molecule has 2 aromatic carbocycles. The van der Waals surface area contributed by atoms with E-state index in [4.69, 9.17) is 14.2 Å². The number of hydrogen-bond acceptors (Lipinski definition) is 5. The number of anilines is 1. The molecular formula is C20H24N2O4. The fraction of sp³-hybridized carbons (Fsp3) is 0.350. The maximum absolute atomic E-state index is 12.5.